The Bertz CT molecular complexity index is 451. The van der Waals surface area contributed by atoms with Crippen LogP contribution in [0.25, 0.3) is 0 Å². The van der Waals surface area contributed by atoms with E-state index in [0.29, 0.717) is 12.0 Å². The van der Waals surface area contributed by atoms with Gasteiger partial charge < -0.3 is 15.2 Å². The molecule has 2 N–H and O–H groups in total. The van der Waals surface area contributed by atoms with Gasteiger partial charge in [-0.3, -0.25) is 4.79 Å². The van der Waals surface area contributed by atoms with Crippen LogP contribution in [0.15, 0.2) is 29.0 Å². The van der Waals surface area contributed by atoms with E-state index in [4.69, 9.17) is 0 Å². The van der Waals surface area contributed by atoms with Gasteiger partial charge in [-0.2, -0.15) is 0 Å². The van der Waals surface area contributed by atoms with E-state index < -0.39 is 0 Å². The third-order valence-corrected chi connectivity index (χ3v) is 4.57. The molecule has 3 fully saturated rings. The highest BCUT2D eigenvalue weighted by molar-refractivity contribution is 8.02. The highest BCUT2D eigenvalue weighted by atomic mass is 32.2. The van der Waals surface area contributed by atoms with Crippen LogP contribution in [0.1, 0.15) is 12.8 Å². The van der Waals surface area contributed by atoms with E-state index >= 15 is 0 Å². The molecular weight excluding hydrogens is 260 g/mol. The smallest absolute Gasteiger partial charge is 0.244 e. The Kier molecular flexibility index (Phi) is 3.89. The Morgan fingerprint density at radius 2 is 2.37 bits per heavy atom. The molecule has 1 unspecified atom stereocenters. The molecule has 1 amide bonds. The lowest BCUT2D eigenvalue weighted by Crippen LogP contribution is -2.57. The molecule has 19 heavy (non-hydrogen) atoms. The van der Waals surface area contributed by atoms with Crippen molar-refractivity contribution < 1.29 is 4.79 Å². The lowest BCUT2D eigenvalue weighted by atomic mass is 9.84. The standard InChI is InChI=1S/C13H18N4OS/c18-12(3-8-19-13-14-4-5-15-13)16-11-9-17-6-1-10(11)2-7-17/h3-5,8,10-11H,1-2,6-7,9H2,(H,14,15)(H,16,18)/b8-3+. The average molecular weight is 278 g/mol. The van der Waals surface area contributed by atoms with E-state index in [1.165, 1.54) is 37.7 Å². The fourth-order valence-electron chi connectivity index (χ4n) is 2.83. The number of hydrogen-bond acceptors (Lipinski definition) is 4. The lowest BCUT2D eigenvalue weighted by Gasteiger charge is -2.44. The molecule has 4 heterocycles. The number of fused-ring (bicyclic) bond motifs is 3. The monoisotopic (exact) mass is 278 g/mol. The summed E-state index contributed by atoms with van der Waals surface area (Å²) in [7, 11) is 0. The number of carbonyl (C=O) groups is 1. The predicted octanol–water partition coefficient (Wildman–Crippen LogP) is 1.23. The van der Waals surface area contributed by atoms with Gasteiger partial charge in [-0.05, 0) is 37.3 Å². The maximum atomic E-state index is 11.9. The first-order valence-corrected chi connectivity index (χ1v) is 7.54. The lowest BCUT2D eigenvalue weighted by molar-refractivity contribution is -0.118. The fourth-order valence-corrected chi connectivity index (χ4v) is 3.41. The van der Waals surface area contributed by atoms with Crippen molar-refractivity contribution >= 4 is 17.7 Å². The molecule has 0 aliphatic carbocycles. The van der Waals surface area contributed by atoms with Gasteiger partial charge in [0.1, 0.15) is 0 Å². The van der Waals surface area contributed by atoms with Gasteiger partial charge in [0, 0.05) is 31.1 Å². The maximum Gasteiger partial charge on any atom is 0.244 e. The van der Waals surface area contributed by atoms with Gasteiger partial charge in [0.25, 0.3) is 0 Å². The van der Waals surface area contributed by atoms with Gasteiger partial charge in [-0.15, -0.1) is 0 Å². The van der Waals surface area contributed by atoms with Crippen LogP contribution in [0.2, 0.25) is 0 Å². The van der Waals surface area contributed by atoms with Crippen LogP contribution < -0.4 is 5.32 Å². The largest absolute Gasteiger partial charge is 0.348 e. The Balaban J connectivity index is 1.47. The molecule has 0 spiro atoms. The van der Waals surface area contributed by atoms with Crippen molar-refractivity contribution in [2.24, 2.45) is 5.92 Å². The van der Waals surface area contributed by atoms with Crippen LogP contribution in [0, 0.1) is 5.92 Å². The zero-order chi connectivity index (χ0) is 13.1. The summed E-state index contributed by atoms with van der Waals surface area (Å²) in [5.41, 5.74) is 0. The number of imidazole rings is 1. The maximum absolute atomic E-state index is 11.9. The normalized spacial score (nSPS) is 29.8. The third kappa shape index (κ3) is 3.19. The fraction of sp³-hybridized carbons (Fsp3) is 0.538. The highest BCUT2D eigenvalue weighted by Crippen LogP contribution is 2.27. The molecule has 3 aliphatic rings. The zero-order valence-corrected chi connectivity index (χ0v) is 11.5. The van der Waals surface area contributed by atoms with Crippen molar-refractivity contribution in [2.75, 3.05) is 19.6 Å². The van der Waals surface area contributed by atoms with Crippen molar-refractivity contribution in [3.63, 3.8) is 0 Å². The summed E-state index contributed by atoms with van der Waals surface area (Å²) in [4.78, 5) is 21.3. The molecule has 2 bridgehead atoms. The first kappa shape index (κ1) is 12.7. The van der Waals surface area contributed by atoms with Crippen LogP contribution in [-0.2, 0) is 4.79 Å². The Morgan fingerprint density at radius 3 is 3.00 bits per heavy atom. The molecule has 1 aromatic heterocycles. The molecule has 102 valence electrons. The molecule has 6 heteroatoms. The van der Waals surface area contributed by atoms with Gasteiger partial charge in [0.2, 0.25) is 5.91 Å². The second-order valence-electron chi connectivity index (χ2n) is 5.07. The van der Waals surface area contributed by atoms with Crippen molar-refractivity contribution in [3.05, 3.63) is 23.9 Å². The number of nitrogens with zero attached hydrogens (tertiary/aromatic N) is 2. The number of H-pyrrole nitrogens is 1. The Hall–Kier alpha value is -1.27. The molecule has 3 saturated heterocycles. The minimum Gasteiger partial charge on any atom is -0.348 e. The van der Waals surface area contributed by atoms with E-state index in [1.54, 1.807) is 23.9 Å². The minimum absolute atomic E-state index is 0.00203. The van der Waals surface area contributed by atoms with Crippen LogP contribution in [0.3, 0.4) is 0 Å². The molecule has 0 saturated carbocycles. The zero-order valence-electron chi connectivity index (χ0n) is 10.7. The minimum atomic E-state index is -0.00203. The van der Waals surface area contributed by atoms with E-state index in [9.17, 15) is 4.79 Å². The molecule has 5 nitrogen and oxygen atoms in total. The first-order chi connectivity index (χ1) is 9.31. The van der Waals surface area contributed by atoms with Crippen molar-refractivity contribution in [1.29, 1.82) is 0 Å². The van der Waals surface area contributed by atoms with Gasteiger partial charge in [0.05, 0.1) is 0 Å². The van der Waals surface area contributed by atoms with E-state index in [-0.39, 0.29) is 5.91 Å². The number of hydrogen-bond donors (Lipinski definition) is 2. The SMILES string of the molecule is O=C(/C=C/Sc1ncc[nH]1)NC1CN2CCC1CC2. The van der Waals surface area contributed by atoms with Gasteiger partial charge in [-0.1, -0.05) is 11.8 Å². The number of nitrogens with one attached hydrogen (secondary N) is 2. The molecule has 0 radical (unpaired) electrons. The van der Waals surface area contributed by atoms with E-state index in [0.717, 1.165) is 11.7 Å². The van der Waals surface area contributed by atoms with E-state index in [2.05, 4.69) is 20.2 Å². The molecule has 1 atom stereocenters. The molecule has 0 aromatic carbocycles. The number of amides is 1. The second kappa shape index (κ2) is 5.79. The van der Waals surface area contributed by atoms with Crippen molar-refractivity contribution in [2.45, 2.75) is 24.0 Å². The molecule has 4 rings (SSSR count). The number of carbonyl (C=O) groups excluding carboxylic acids is 1. The summed E-state index contributed by atoms with van der Waals surface area (Å²) in [5.74, 6) is 0.665. The molecule has 3 aliphatic heterocycles. The predicted molar refractivity (Wildman–Crippen MR) is 74.7 cm³/mol. The molecular formula is C13H18N4OS. The van der Waals surface area contributed by atoms with Gasteiger partial charge in [-0.25, -0.2) is 4.98 Å². The summed E-state index contributed by atoms with van der Waals surface area (Å²) in [6.45, 7) is 3.40. The van der Waals surface area contributed by atoms with Crippen LogP contribution in [0.5, 0.6) is 0 Å². The number of aromatic nitrogens is 2. The van der Waals surface area contributed by atoms with Crippen LogP contribution in [0.4, 0.5) is 0 Å². The number of piperidine rings is 3. The topological polar surface area (TPSA) is 61.0 Å². The highest BCUT2D eigenvalue weighted by Gasteiger charge is 2.34. The van der Waals surface area contributed by atoms with Crippen LogP contribution in [-0.4, -0.2) is 46.5 Å². The Morgan fingerprint density at radius 1 is 1.53 bits per heavy atom. The average Bonchev–Trinajstić information content (AvgIpc) is 2.93. The van der Waals surface area contributed by atoms with Gasteiger partial charge >= 0.3 is 0 Å². The van der Waals surface area contributed by atoms with Crippen molar-refractivity contribution in [3.8, 4) is 0 Å². The number of thioether (sulfide) groups is 1. The summed E-state index contributed by atoms with van der Waals surface area (Å²) in [6.07, 6.45) is 7.49. The second-order valence-corrected chi connectivity index (χ2v) is 5.96. The summed E-state index contributed by atoms with van der Waals surface area (Å²) < 4.78 is 0. The quantitative estimate of drug-likeness (QED) is 0.642. The van der Waals surface area contributed by atoms with E-state index in [1.807, 2.05) is 0 Å². The molecule has 1 aromatic rings. The summed E-state index contributed by atoms with van der Waals surface area (Å²) in [6, 6.07) is 0.327. The van der Waals surface area contributed by atoms with Gasteiger partial charge in [0.15, 0.2) is 5.16 Å². The number of aromatic amines is 1. The summed E-state index contributed by atoms with van der Waals surface area (Å²) in [5, 5.41) is 5.69. The van der Waals surface area contributed by atoms with Crippen LogP contribution >= 0.6 is 11.8 Å². The third-order valence-electron chi connectivity index (χ3n) is 3.86. The van der Waals surface area contributed by atoms with Crippen molar-refractivity contribution in [1.82, 2.24) is 20.2 Å². The number of rotatable bonds is 4. The first-order valence-electron chi connectivity index (χ1n) is 6.67. The Labute approximate surface area is 116 Å². The summed E-state index contributed by atoms with van der Waals surface area (Å²) >= 11 is 1.41.